The molecule has 102 valence electrons. The van der Waals surface area contributed by atoms with Crippen molar-refractivity contribution < 1.29 is 13.2 Å². The number of thioether (sulfide) groups is 1. The van der Waals surface area contributed by atoms with Crippen molar-refractivity contribution in [1.82, 2.24) is 5.32 Å². The Morgan fingerprint density at radius 2 is 1.83 bits per heavy atom. The number of nitrogens with one attached hydrogen (secondary N) is 1. The van der Waals surface area contributed by atoms with Gasteiger partial charge in [0.05, 0.1) is 0 Å². The van der Waals surface area contributed by atoms with Crippen molar-refractivity contribution in [2.75, 3.05) is 12.3 Å². The molecule has 1 atom stereocenters. The number of hydrogen-bond acceptors (Lipinski definition) is 2. The fourth-order valence-corrected chi connectivity index (χ4v) is 2.48. The maximum atomic E-state index is 13.7. The minimum absolute atomic E-state index is 0.184. The van der Waals surface area contributed by atoms with Crippen LogP contribution in [0.4, 0.5) is 13.2 Å². The van der Waals surface area contributed by atoms with Crippen LogP contribution < -0.4 is 5.32 Å². The highest BCUT2D eigenvalue weighted by Gasteiger charge is 2.20. The molecule has 1 N–H and O–H groups in total. The average molecular weight is 277 g/mol. The monoisotopic (exact) mass is 277 g/mol. The Morgan fingerprint density at radius 3 is 2.39 bits per heavy atom. The minimum atomic E-state index is -1.40. The van der Waals surface area contributed by atoms with Crippen LogP contribution in [0.15, 0.2) is 12.1 Å². The van der Waals surface area contributed by atoms with Crippen molar-refractivity contribution >= 4 is 11.8 Å². The smallest absolute Gasteiger partial charge is 0.194 e. The van der Waals surface area contributed by atoms with E-state index in [4.69, 9.17) is 0 Å². The molecular formula is C13H18F3NS. The average Bonchev–Trinajstić information content (AvgIpc) is 2.32. The minimum Gasteiger partial charge on any atom is -0.309 e. The van der Waals surface area contributed by atoms with Crippen LogP contribution >= 0.6 is 11.8 Å². The summed E-state index contributed by atoms with van der Waals surface area (Å²) in [7, 11) is 0. The summed E-state index contributed by atoms with van der Waals surface area (Å²) in [5, 5.41) is 3.49. The Morgan fingerprint density at radius 1 is 1.17 bits per heavy atom. The van der Waals surface area contributed by atoms with Gasteiger partial charge in [0, 0.05) is 17.4 Å². The van der Waals surface area contributed by atoms with Crippen LogP contribution in [-0.2, 0) is 0 Å². The van der Waals surface area contributed by atoms with E-state index in [0.717, 1.165) is 6.07 Å². The second-order valence-electron chi connectivity index (χ2n) is 4.26. The van der Waals surface area contributed by atoms with Gasteiger partial charge < -0.3 is 5.32 Å². The van der Waals surface area contributed by atoms with E-state index in [1.165, 1.54) is 6.07 Å². The molecule has 0 amide bonds. The molecule has 0 aromatic heterocycles. The van der Waals surface area contributed by atoms with Gasteiger partial charge in [0.25, 0.3) is 0 Å². The maximum absolute atomic E-state index is 13.7. The predicted molar refractivity (Wildman–Crippen MR) is 70.3 cm³/mol. The molecule has 0 aliphatic carbocycles. The van der Waals surface area contributed by atoms with Crippen molar-refractivity contribution in [2.24, 2.45) is 0 Å². The number of halogens is 3. The summed E-state index contributed by atoms with van der Waals surface area (Å²) in [5.41, 5.74) is 0.184. The Bertz CT molecular complexity index is 396. The Hall–Kier alpha value is -0.680. The molecule has 0 fully saturated rings. The van der Waals surface area contributed by atoms with Gasteiger partial charge in [0.1, 0.15) is 0 Å². The molecule has 5 heteroatoms. The molecule has 0 saturated carbocycles. The first-order chi connectivity index (χ1) is 8.47. The van der Waals surface area contributed by atoms with E-state index >= 15 is 0 Å². The van der Waals surface area contributed by atoms with E-state index in [0.29, 0.717) is 17.5 Å². The molecule has 0 aliphatic heterocycles. The summed E-state index contributed by atoms with van der Waals surface area (Å²) >= 11 is 1.65. The Balaban J connectivity index is 2.94. The Labute approximate surface area is 110 Å². The molecule has 1 aromatic rings. The molecule has 1 unspecified atom stereocenters. The van der Waals surface area contributed by atoms with Crippen molar-refractivity contribution in [3.63, 3.8) is 0 Å². The van der Waals surface area contributed by atoms with Crippen molar-refractivity contribution in [3.05, 3.63) is 35.1 Å². The maximum Gasteiger partial charge on any atom is 0.194 e. The molecule has 0 aliphatic rings. The van der Waals surface area contributed by atoms with Crippen LogP contribution in [0.25, 0.3) is 0 Å². The highest BCUT2D eigenvalue weighted by atomic mass is 32.2. The van der Waals surface area contributed by atoms with Gasteiger partial charge in [-0.2, -0.15) is 11.8 Å². The SMILES string of the molecule is CCNC(CSC(C)C)c1ccc(F)c(F)c1F. The van der Waals surface area contributed by atoms with E-state index < -0.39 is 17.5 Å². The summed E-state index contributed by atoms with van der Waals surface area (Å²) in [6.07, 6.45) is 0. The van der Waals surface area contributed by atoms with Crippen LogP contribution in [0.2, 0.25) is 0 Å². The van der Waals surface area contributed by atoms with Crippen molar-refractivity contribution in [2.45, 2.75) is 32.1 Å². The van der Waals surface area contributed by atoms with Gasteiger partial charge in [-0.05, 0) is 17.9 Å². The van der Waals surface area contributed by atoms with Crippen LogP contribution in [0.5, 0.6) is 0 Å². The first-order valence-electron chi connectivity index (χ1n) is 5.95. The van der Waals surface area contributed by atoms with Crippen molar-refractivity contribution in [3.8, 4) is 0 Å². The summed E-state index contributed by atoms with van der Waals surface area (Å²) in [5.74, 6) is -3.02. The first kappa shape index (κ1) is 15.4. The van der Waals surface area contributed by atoms with Gasteiger partial charge in [0.15, 0.2) is 17.5 Å². The lowest BCUT2D eigenvalue weighted by molar-refractivity contribution is 0.431. The normalized spacial score (nSPS) is 13.1. The molecule has 0 spiro atoms. The number of rotatable bonds is 6. The van der Waals surface area contributed by atoms with Gasteiger partial charge >= 0.3 is 0 Å². The first-order valence-corrected chi connectivity index (χ1v) is 7.00. The molecule has 0 heterocycles. The van der Waals surface area contributed by atoms with Gasteiger partial charge in [-0.25, -0.2) is 13.2 Å². The third-order valence-corrected chi connectivity index (χ3v) is 3.68. The van der Waals surface area contributed by atoms with Gasteiger partial charge in [-0.3, -0.25) is 0 Å². The highest BCUT2D eigenvalue weighted by Crippen LogP contribution is 2.25. The van der Waals surface area contributed by atoms with Crippen molar-refractivity contribution in [1.29, 1.82) is 0 Å². The molecule has 1 rings (SSSR count). The van der Waals surface area contributed by atoms with Gasteiger partial charge in [-0.15, -0.1) is 0 Å². The summed E-state index contributed by atoms with van der Waals surface area (Å²) in [4.78, 5) is 0. The zero-order chi connectivity index (χ0) is 13.7. The standard InChI is InChI=1S/C13H18F3NS/c1-4-17-11(7-18-8(2)3)9-5-6-10(14)13(16)12(9)15/h5-6,8,11,17H,4,7H2,1-3H3. The lowest BCUT2D eigenvalue weighted by Gasteiger charge is -2.20. The topological polar surface area (TPSA) is 12.0 Å². The molecule has 1 nitrogen and oxygen atoms in total. The van der Waals surface area contributed by atoms with E-state index in [2.05, 4.69) is 5.32 Å². The molecule has 1 aromatic carbocycles. The largest absolute Gasteiger partial charge is 0.309 e. The molecule has 0 bridgehead atoms. The number of hydrogen-bond donors (Lipinski definition) is 1. The molecular weight excluding hydrogens is 259 g/mol. The molecule has 0 radical (unpaired) electrons. The fraction of sp³-hybridized carbons (Fsp3) is 0.538. The Kier molecular flexibility index (Phi) is 6.02. The van der Waals surface area contributed by atoms with E-state index in [1.807, 2.05) is 20.8 Å². The van der Waals surface area contributed by atoms with E-state index in [-0.39, 0.29) is 11.6 Å². The quantitative estimate of drug-likeness (QED) is 0.792. The van der Waals surface area contributed by atoms with Crippen LogP contribution in [0.3, 0.4) is 0 Å². The fourth-order valence-electron chi connectivity index (χ4n) is 1.60. The third-order valence-electron chi connectivity index (χ3n) is 2.49. The predicted octanol–water partition coefficient (Wildman–Crippen LogP) is 3.90. The summed E-state index contributed by atoms with van der Waals surface area (Å²) in [6.45, 7) is 6.61. The summed E-state index contributed by atoms with van der Waals surface area (Å²) < 4.78 is 39.8. The van der Waals surface area contributed by atoms with Crippen LogP contribution in [0.1, 0.15) is 32.4 Å². The van der Waals surface area contributed by atoms with Crippen LogP contribution in [0, 0.1) is 17.5 Å². The van der Waals surface area contributed by atoms with Gasteiger partial charge in [-0.1, -0.05) is 26.8 Å². The lowest BCUT2D eigenvalue weighted by Crippen LogP contribution is -2.25. The summed E-state index contributed by atoms with van der Waals surface area (Å²) in [6, 6.07) is 1.97. The zero-order valence-electron chi connectivity index (χ0n) is 10.8. The van der Waals surface area contributed by atoms with Gasteiger partial charge in [0.2, 0.25) is 0 Å². The third kappa shape index (κ3) is 3.92. The van der Waals surface area contributed by atoms with E-state index in [9.17, 15) is 13.2 Å². The zero-order valence-corrected chi connectivity index (χ0v) is 11.6. The molecule has 18 heavy (non-hydrogen) atoms. The lowest BCUT2D eigenvalue weighted by atomic mass is 10.1. The molecule has 0 saturated heterocycles. The highest BCUT2D eigenvalue weighted by molar-refractivity contribution is 7.99. The van der Waals surface area contributed by atoms with Crippen LogP contribution in [-0.4, -0.2) is 17.5 Å². The number of benzene rings is 1. The second kappa shape index (κ2) is 7.04. The van der Waals surface area contributed by atoms with E-state index in [1.54, 1.807) is 11.8 Å². The second-order valence-corrected chi connectivity index (χ2v) is 5.87.